The maximum Gasteiger partial charge on any atom is 0.123 e. The van der Waals surface area contributed by atoms with Gasteiger partial charge in [-0.3, -0.25) is 0 Å². The average Bonchev–Trinajstić information content (AvgIpc) is 2.88. The average molecular weight is 461 g/mol. The van der Waals surface area contributed by atoms with Gasteiger partial charge in [-0.15, -0.1) is 0 Å². The Balaban J connectivity index is 1.78. The monoisotopic (exact) mass is 460 g/mol. The van der Waals surface area contributed by atoms with E-state index >= 15 is 0 Å². The summed E-state index contributed by atoms with van der Waals surface area (Å²) in [7, 11) is 3.25. The summed E-state index contributed by atoms with van der Waals surface area (Å²) in [6, 6.07) is 27.5. The molecule has 0 aliphatic rings. The van der Waals surface area contributed by atoms with Crippen molar-refractivity contribution in [3.63, 3.8) is 0 Å². The van der Waals surface area contributed by atoms with Gasteiger partial charge in [-0.1, -0.05) is 24.3 Å². The zero-order valence-electron chi connectivity index (χ0n) is 19.0. The highest BCUT2D eigenvalue weighted by Gasteiger charge is 2.26. The second-order valence-corrected chi connectivity index (χ2v) is 7.80. The normalized spacial score (nSPS) is 12.5. The van der Waals surface area contributed by atoms with Crippen LogP contribution < -0.4 is 20.1 Å². The molecule has 2 atom stereocenters. The molecule has 174 valence electrons. The van der Waals surface area contributed by atoms with Crippen LogP contribution in [0.15, 0.2) is 97.1 Å². The molecule has 0 spiro atoms. The Bertz CT molecular complexity index is 1080. The minimum atomic E-state index is -0.303. The molecular weight excluding hydrogens is 434 g/mol. The van der Waals surface area contributed by atoms with Crippen LogP contribution in [0.2, 0.25) is 0 Å². The summed E-state index contributed by atoms with van der Waals surface area (Å²) in [5.41, 5.74) is 3.50. The molecule has 6 heteroatoms. The van der Waals surface area contributed by atoms with Crippen molar-refractivity contribution in [2.75, 3.05) is 24.9 Å². The molecule has 0 heterocycles. The number of hydrogen-bond donors (Lipinski definition) is 2. The smallest absolute Gasteiger partial charge is 0.123 e. The summed E-state index contributed by atoms with van der Waals surface area (Å²) in [6.45, 7) is 0. The lowest BCUT2D eigenvalue weighted by atomic mass is 9.92. The summed E-state index contributed by atoms with van der Waals surface area (Å²) in [5.74, 6) is 0.888. The van der Waals surface area contributed by atoms with Crippen molar-refractivity contribution < 1.29 is 18.3 Å². The zero-order chi connectivity index (χ0) is 23.9. The number of hydrogen-bond acceptors (Lipinski definition) is 4. The summed E-state index contributed by atoms with van der Waals surface area (Å²) in [6.07, 6.45) is 0. The molecule has 2 unspecified atom stereocenters. The topological polar surface area (TPSA) is 42.5 Å². The van der Waals surface area contributed by atoms with Crippen LogP contribution in [0.25, 0.3) is 0 Å². The van der Waals surface area contributed by atoms with Gasteiger partial charge < -0.3 is 20.1 Å². The fourth-order valence-corrected chi connectivity index (χ4v) is 3.79. The van der Waals surface area contributed by atoms with Crippen molar-refractivity contribution in [3.05, 3.63) is 120 Å². The van der Waals surface area contributed by atoms with Gasteiger partial charge in [0.1, 0.15) is 23.1 Å². The van der Waals surface area contributed by atoms with E-state index in [1.54, 1.807) is 38.5 Å². The van der Waals surface area contributed by atoms with Crippen molar-refractivity contribution >= 4 is 11.4 Å². The number of anilines is 2. The van der Waals surface area contributed by atoms with Gasteiger partial charge in [0.15, 0.2) is 0 Å². The van der Waals surface area contributed by atoms with Gasteiger partial charge in [0.05, 0.1) is 26.3 Å². The van der Waals surface area contributed by atoms with Gasteiger partial charge in [0.25, 0.3) is 0 Å². The van der Waals surface area contributed by atoms with Crippen LogP contribution in [-0.2, 0) is 0 Å². The first-order valence-corrected chi connectivity index (χ1v) is 10.9. The largest absolute Gasteiger partial charge is 0.497 e. The Morgan fingerprint density at radius 2 is 0.824 bits per heavy atom. The van der Waals surface area contributed by atoms with Crippen molar-refractivity contribution in [3.8, 4) is 11.5 Å². The molecule has 34 heavy (non-hydrogen) atoms. The second kappa shape index (κ2) is 10.7. The molecule has 0 bridgehead atoms. The molecule has 0 fully saturated rings. The van der Waals surface area contributed by atoms with E-state index < -0.39 is 0 Å². The number of methoxy groups -OCH3 is 2. The van der Waals surface area contributed by atoms with Gasteiger partial charge in [0.2, 0.25) is 0 Å². The maximum absolute atomic E-state index is 13.5. The number of ether oxygens (including phenoxy) is 2. The molecule has 4 nitrogen and oxygen atoms in total. The van der Waals surface area contributed by atoms with E-state index in [1.807, 2.05) is 48.5 Å². The van der Waals surface area contributed by atoms with E-state index in [-0.39, 0.29) is 23.7 Å². The fraction of sp³-hybridized carbons (Fsp3) is 0.143. The van der Waals surface area contributed by atoms with Gasteiger partial charge in [-0.05, 0) is 83.9 Å². The molecule has 0 amide bonds. The molecule has 0 saturated carbocycles. The predicted molar refractivity (Wildman–Crippen MR) is 132 cm³/mol. The van der Waals surface area contributed by atoms with Gasteiger partial charge in [-0.2, -0.15) is 0 Å². The van der Waals surface area contributed by atoms with Crippen LogP contribution >= 0.6 is 0 Å². The Labute approximate surface area is 198 Å². The van der Waals surface area contributed by atoms with Crippen LogP contribution in [0.5, 0.6) is 11.5 Å². The Morgan fingerprint density at radius 1 is 0.500 bits per heavy atom. The highest BCUT2D eigenvalue weighted by Crippen LogP contribution is 2.36. The molecule has 0 aliphatic carbocycles. The molecule has 0 radical (unpaired) electrons. The number of nitrogens with one attached hydrogen (secondary N) is 2. The second-order valence-electron chi connectivity index (χ2n) is 7.80. The van der Waals surface area contributed by atoms with Crippen LogP contribution in [0.1, 0.15) is 23.2 Å². The van der Waals surface area contributed by atoms with Crippen LogP contribution in [0.3, 0.4) is 0 Å². The van der Waals surface area contributed by atoms with Crippen LogP contribution in [0.4, 0.5) is 20.2 Å². The molecule has 0 aromatic heterocycles. The Morgan fingerprint density at radius 3 is 1.12 bits per heavy atom. The van der Waals surface area contributed by atoms with Crippen molar-refractivity contribution in [1.82, 2.24) is 0 Å². The Hall–Kier alpha value is -4.06. The van der Waals surface area contributed by atoms with E-state index in [0.29, 0.717) is 0 Å². The highest BCUT2D eigenvalue weighted by molar-refractivity contribution is 5.52. The van der Waals surface area contributed by atoms with Crippen LogP contribution in [0, 0.1) is 11.6 Å². The summed E-state index contributed by atoms with van der Waals surface area (Å²) in [4.78, 5) is 0. The highest BCUT2D eigenvalue weighted by atomic mass is 19.1. The lowest BCUT2D eigenvalue weighted by Gasteiger charge is -2.31. The van der Waals surface area contributed by atoms with E-state index in [4.69, 9.17) is 9.47 Å². The van der Waals surface area contributed by atoms with Crippen molar-refractivity contribution in [2.24, 2.45) is 0 Å². The standard InChI is InChI=1S/C28H26F2N2O2/c1-33-25-15-3-19(4-16-25)27(31-23-11-7-21(29)8-12-23)28(20-5-17-26(34-2)18-6-20)32-24-13-9-22(30)10-14-24/h3-18,27-28,31-32H,1-2H3. The third kappa shape index (κ3) is 5.64. The van der Waals surface area contributed by atoms with Gasteiger partial charge in [0, 0.05) is 11.4 Å². The minimum Gasteiger partial charge on any atom is -0.497 e. The van der Waals surface area contributed by atoms with Gasteiger partial charge in [-0.25, -0.2) is 8.78 Å². The SMILES string of the molecule is COc1ccc(C(Nc2ccc(F)cc2)C(Nc2ccc(F)cc2)c2ccc(OC)cc2)cc1. The predicted octanol–water partition coefficient (Wildman–Crippen LogP) is 6.99. The Kier molecular flexibility index (Phi) is 7.28. The zero-order valence-corrected chi connectivity index (χ0v) is 19.0. The molecule has 4 rings (SSSR count). The third-order valence-corrected chi connectivity index (χ3v) is 5.62. The fourth-order valence-electron chi connectivity index (χ4n) is 3.79. The molecular formula is C28H26F2N2O2. The maximum atomic E-state index is 13.5. The third-order valence-electron chi connectivity index (χ3n) is 5.62. The molecule has 0 aliphatic heterocycles. The van der Waals surface area contributed by atoms with Crippen molar-refractivity contribution in [1.29, 1.82) is 0 Å². The van der Waals surface area contributed by atoms with E-state index in [0.717, 1.165) is 34.0 Å². The first kappa shape index (κ1) is 23.1. The molecule has 4 aromatic carbocycles. The molecule has 2 N–H and O–H groups in total. The number of benzene rings is 4. The first-order valence-electron chi connectivity index (χ1n) is 10.9. The quantitative estimate of drug-likeness (QED) is 0.283. The summed E-state index contributed by atoms with van der Waals surface area (Å²) in [5, 5.41) is 7.09. The van der Waals surface area contributed by atoms with Crippen molar-refractivity contribution in [2.45, 2.75) is 12.1 Å². The van der Waals surface area contributed by atoms with E-state index in [2.05, 4.69) is 10.6 Å². The molecule has 0 saturated heterocycles. The van der Waals surface area contributed by atoms with Gasteiger partial charge >= 0.3 is 0 Å². The number of halogens is 2. The molecule has 4 aromatic rings. The lowest BCUT2D eigenvalue weighted by Crippen LogP contribution is -2.25. The number of rotatable bonds is 9. The van der Waals surface area contributed by atoms with Crippen LogP contribution in [-0.4, -0.2) is 14.2 Å². The van der Waals surface area contributed by atoms with E-state index in [1.165, 1.54) is 24.3 Å². The summed E-state index contributed by atoms with van der Waals surface area (Å²) < 4.78 is 37.8. The van der Waals surface area contributed by atoms with E-state index in [9.17, 15) is 8.78 Å². The summed E-state index contributed by atoms with van der Waals surface area (Å²) >= 11 is 0. The minimum absolute atomic E-state index is 0.269. The lowest BCUT2D eigenvalue weighted by molar-refractivity contribution is 0.414. The first-order chi connectivity index (χ1) is 16.6.